The Hall–Kier alpha value is -2.82. The zero-order valence-electron chi connectivity index (χ0n) is 15.1. The van der Waals surface area contributed by atoms with Gasteiger partial charge in [-0.15, -0.1) is 0 Å². The third kappa shape index (κ3) is 3.49. The lowest BCUT2D eigenvalue weighted by atomic mass is 10.2. The van der Waals surface area contributed by atoms with Crippen LogP contribution in [0.15, 0.2) is 66.7 Å². The van der Waals surface area contributed by atoms with Gasteiger partial charge in [0.05, 0.1) is 26.8 Å². The number of halogens is 2. The van der Waals surface area contributed by atoms with Crippen LogP contribution in [0.1, 0.15) is 21.7 Å². The molecule has 0 bridgehead atoms. The molecule has 1 N–H and O–H groups in total. The monoisotopic (exact) mass is 409 g/mol. The molecule has 0 fully saturated rings. The van der Waals surface area contributed by atoms with Crippen molar-refractivity contribution in [2.45, 2.75) is 13.5 Å². The Labute approximate surface area is 172 Å². The van der Waals surface area contributed by atoms with E-state index in [2.05, 4.69) is 27.0 Å². The number of imidazole rings is 1. The number of carbonyl (C=O) groups excluding carboxylic acids is 1. The van der Waals surface area contributed by atoms with Crippen molar-refractivity contribution in [2.24, 2.45) is 0 Å². The Kier molecular flexibility index (Phi) is 5.07. The molecular weight excluding hydrogens is 393 g/mol. The highest BCUT2D eigenvalue weighted by Crippen LogP contribution is 2.28. The molecule has 0 aliphatic rings. The maximum Gasteiger partial charge on any atom is 0.258 e. The van der Waals surface area contributed by atoms with E-state index in [4.69, 9.17) is 23.2 Å². The summed E-state index contributed by atoms with van der Waals surface area (Å²) >= 11 is 12.3. The Morgan fingerprint density at radius 3 is 2.36 bits per heavy atom. The summed E-state index contributed by atoms with van der Waals surface area (Å²) in [6.45, 7) is 2.66. The van der Waals surface area contributed by atoms with E-state index in [1.807, 2.05) is 43.3 Å². The van der Waals surface area contributed by atoms with Crippen molar-refractivity contribution >= 4 is 45.8 Å². The number of amides is 1. The van der Waals surface area contributed by atoms with Crippen LogP contribution in [0.5, 0.6) is 0 Å². The van der Waals surface area contributed by atoms with E-state index in [9.17, 15) is 4.79 Å². The number of nitrogens with zero attached hydrogens (tertiary/aromatic N) is 2. The van der Waals surface area contributed by atoms with Crippen LogP contribution in [0, 0.1) is 6.92 Å². The second-order valence-electron chi connectivity index (χ2n) is 6.45. The first kappa shape index (κ1) is 18.5. The Bertz CT molecular complexity index is 1150. The lowest BCUT2D eigenvalue weighted by Crippen LogP contribution is -2.13. The molecule has 0 radical (unpaired) electrons. The summed E-state index contributed by atoms with van der Waals surface area (Å²) in [5.74, 6) is 0.509. The molecule has 6 heteroatoms. The van der Waals surface area contributed by atoms with Crippen LogP contribution in [-0.4, -0.2) is 15.5 Å². The van der Waals surface area contributed by atoms with E-state index in [0.717, 1.165) is 16.9 Å². The number of hydrogen-bond acceptors (Lipinski definition) is 2. The van der Waals surface area contributed by atoms with Crippen LogP contribution in [0.3, 0.4) is 0 Å². The summed E-state index contributed by atoms with van der Waals surface area (Å²) in [7, 11) is 0. The number of rotatable bonds is 4. The van der Waals surface area contributed by atoms with E-state index in [-0.39, 0.29) is 11.5 Å². The van der Waals surface area contributed by atoms with Gasteiger partial charge in [-0.3, -0.25) is 4.79 Å². The first-order chi connectivity index (χ1) is 13.5. The molecule has 1 amide bonds. The molecule has 28 heavy (non-hydrogen) atoms. The average Bonchev–Trinajstić information content (AvgIpc) is 2.99. The average molecular weight is 410 g/mol. The molecule has 1 heterocycles. The number of hydrogen-bond donors (Lipinski definition) is 1. The Balaban J connectivity index is 1.71. The van der Waals surface area contributed by atoms with Crippen molar-refractivity contribution in [1.29, 1.82) is 0 Å². The highest BCUT2D eigenvalue weighted by Gasteiger charge is 2.17. The topological polar surface area (TPSA) is 46.9 Å². The standard InChI is InChI=1S/C22H17Cl2N3O/c1-14-25-21-18(26-22(28)20-16(23)9-5-10-17(20)24)11-6-12-19(21)27(14)13-15-7-3-2-4-8-15/h2-12H,13H2,1H3,(H,26,28). The number of aryl methyl sites for hydroxylation is 1. The van der Waals surface area contributed by atoms with E-state index < -0.39 is 0 Å². The van der Waals surface area contributed by atoms with Crippen molar-refractivity contribution in [3.8, 4) is 0 Å². The minimum Gasteiger partial charge on any atom is -0.324 e. The Morgan fingerprint density at radius 1 is 0.964 bits per heavy atom. The van der Waals surface area contributed by atoms with Gasteiger partial charge in [0.25, 0.3) is 5.91 Å². The number of benzene rings is 3. The summed E-state index contributed by atoms with van der Waals surface area (Å²) in [5.41, 5.74) is 3.73. The van der Waals surface area contributed by atoms with Gasteiger partial charge in [0.15, 0.2) is 0 Å². The lowest BCUT2D eigenvalue weighted by Gasteiger charge is -2.10. The molecule has 0 atom stereocenters. The minimum absolute atomic E-state index is 0.253. The van der Waals surface area contributed by atoms with Gasteiger partial charge in [-0.05, 0) is 36.8 Å². The SMILES string of the molecule is Cc1nc2c(NC(=O)c3c(Cl)cccc3Cl)cccc2n1Cc1ccccc1. The molecule has 3 aromatic carbocycles. The van der Waals surface area contributed by atoms with Gasteiger partial charge in [0.2, 0.25) is 0 Å². The van der Waals surface area contributed by atoms with Gasteiger partial charge >= 0.3 is 0 Å². The van der Waals surface area contributed by atoms with Crippen molar-refractivity contribution in [1.82, 2.24) is 9.55 Å². The fraction of sp³-hybridized carbons (Fsp3) is 0.0909. The molecule has 1 aromatic heterocycles. The number of aromatic nitrogens is 2. The van der Waals surface area contributed by atoms with E-state index >= 15 is 0 Å². The lowest BCUT2D eigenvalue weighted by molar-refractivity contribution is 0.102. The maximum atomic E-state index is 12.8. The molecule has 0 saturated carbocycles. The largest absolute Gasteiger partial charge is 0.324 e. The van der Waals surface area contributed by atoms with Crippen LogP contribution < -0.4 is 5.32 Å². The summed E-state index contributed by atoms with van der Waals surface area (Å²) in [5, 5.41) is 3.52. The maximum absolute atomic E-state index is 12.8. The van der Waals surface area contributed by atoms with Crippen LogP contribution in [0.2, 0.25) is 10.0 Å². The van der Waals surface area contributed by atoms with Crippen molar-refractivity contribution in [2.75, 3.05) is 5.32 Å². The van der Waals surface area contributed by atoms with Crippen LogP contribution in [0.4, 0.5) is 5.69 Å². The molecule has 140 valence electrons. The number of para-hydroxylation sites is 1. The van der Waals surface area contributed by atoms with Gasteiger partial charge < -0.3 is 9.88 Å². The van der Waals surface area contributed by atoms with Crippen molar-refractivity contribution in [3.05, 3.63) is 93.7 Å². The molecule has 0 aliphatic heterocycles. The van der Waals surface area contributed by atoms with E-state index in [1.54, 1.807) is 18.2 Å². The molecule has 0 aliphatic carbocycles. The van der Waals surface area contributed by atoms with Crippen molar-refractivity contribution < 1.29 is 4.79 Å². The second kappa shape index (κ2) is 7.66. The minimum atomic E-state index is -0.363. The summed E-state index contributed by atoms with van der Waals surface area (Å²) in [6.07, 6.45) is 0. The zero-order valence-corrected chi connectivity index (χ0v) is 16.6. The van der Waals surface area contributed by atoms with Crippen LogP contribution >= 0.6 is 23.2 Å². The predicted molar refractivity (Wildman–Crippen MR) is 114 cm³/mol. The molecule has 4 rings (SSSR count). The fourth-order valence-electron chi connectivity index (χ4n) is 3.23. The molecular formula is C22H17Cl2N3O. The van der Waals surface area contributed by atoms with Gasteiger partial charge in [0.1, 0.15) is 11.3 Å². The van der Waals surface area contributed by atoms with Crippen LogP contribution in [-0.2, 0) is 6.54 Å². The normalized spacial score (nSPS) is 11.0. The fourth-order valence-corrected chi connectivity index (χ4v) is 3.80. The Morgan fingerprint density at radius 2 is 1.64 bits per heavy atom. The third-order valence-electron chi connectivity index (χ3n) is 4.59. The summed E-state index contributed by atoms with van der Waals surface area (Å²) in [6, 6.07) is 20.9. The van der Waals surface area contributed by atoms with E-state index in [1.165, 1.54) is 5.56 Å². The first-order valence-corrected chi connectivity index (χ1v) is 9.55. The van der Waals surface area contributed by atoms with E-state index in [0.29, 0.717) is 22.3 Å². The van der Waals surface area contributed by atoms with Gasteiger partial charge in [-0.2, -0.15) is 0 Å². The molecule has 0 spiro atoms. The first-order valence-electron chi connectivity index (χ1n) is 8.80. The second-order valence-corrected chi connectivity index (χ2v) is 7.27. The highest BCUT2D eigenvalue weighted by atomic mass is 35.5. The van der Waals surface area contributed by atoms with Gasteiger partial charge in [-0.1, -0.05) is 65.7 Å². The third-order valence-corrected chi connectivity index (χ3v) is 5.22. The van der Waals surface area contributed by atoms with Gasteiger partial charge in [0, 0.05) is 6.54 Å². The molecule has 0 saturated heterocycles. The molecule has 4 aromatic rings. The van der Waals surface area contributed by atoms with Crippen LogP contribution in [0.25, 0.3) is 11.0 Å². The zero-order chi connectivity index (χ0) is 19.7. The summed E-state index contributed by atoms with van der Waals surface area (Å²) < 4.78 is 2.13. The number of fused-ring (bicyclic) bond motifs is 1. The van der Waals surface area contributed by atoms with Gasteiger partial charge in [-0.25, -0.2) is 4.98 Å². The number of anilines is 1. The number of carbonyl (C=O) groups is 1. The summed E-state index contributed by atoms with van der Waals surface area (Å²) in [4.78, 5) is 17.5. The predicted octanol–water partition coefficient (Wildman–Crippen LogP) is 5.95. The molecule has 4 nitrogen and oxygen atoms in total. The smallest absolute Gasteiger partial charge is 0.258 e. The quantitative estimate of drug-likeness (QED) is 0.452. The highest BCUT2D eigenvalue weighted by molar-refractivity contribution is 6.40. The number of nitrogens with one attached hydrogen (secondary N) is 1. The molecule has 0 unspecified atom stereocenters. The van der Waals surface area contributed by atoms with Crippen molar-refractivity contribution in [3.63, 3.8) is 0 Å².